The summed E-state index contributed by atoms with van der Waals surface area (Å²) in [5.74, 6) is -2.04. The number of benzene rings is 3. The van der Waals surface area contributed by atoms with Gasteiger partial charge in [-0.2, -0.15) is 0 Å². The Morgan fingerprint density at radius 2 is 1.48 bits per heavy atom. The fraction of sp³-hybridized carbons (Fsp3) is 0.103. The lowest BCUT2D eigenvalue weighted by molar-refractivity contribution is -0.116. The van der Waals surface area contributed by atoms with Crippen LogP contribution >= 0.6 is 0 Å². The van der Waals surface area contributed by atoms with E-state index in [-0.39, 0.29) is 29.1 Å². The number of esters is 1. The summed E-state index contributed by atoms with van der Waals surface area (Å²) in [7, 11) is 0. The molecular weight excluding hydrogens is 512 g/mol. The van der Waals surface area contributed by atoms with Crippen LogP contribution in [0.25, 0.3) is 27.9 Å². The molecule has 1 aliphatic rings. The number of hydrogen-bond donors (Lipinski definition) is 2. The zero-order chi connectivity index (χ0) is 28.0. The summed E-state index contributed by atoms with van der Waals surface area (Å²) >= 11 is 0. The predicted molar refractivity (Wildman–Crippen MR) is 147 cm³/mol. The van der Waals surface area contributed by atoms with Gasteiger partial charge in [-0.05, 0) is 55.5 Å². The molecule has 0 saturated carbocycles. The molecule has 5 aromatic rings. The summed E-state index contributed by atoms with van der Waals surface area (Å²) < 4.78 is 6.83. The highest BCUT2D eigenvalue weighted by atomic mass is 16.5. The van der Waals surface area contributed by atoms with E-state index in [0.717, 1.165) is 4.90 Å². The van der Waals surface area contributed by atoms with Crippen LogP contribution < -0.4 is 11.1 Å². The lowest BCUT2D eigenvalue weighted by Gasteiger charge is -2.14. The highest BCUT2D eigenvalue weighted by Gasteiger charge is 2.36. The topological polar surface area (TPSA) is 150 Å². The first kappa shape index (κ1) is 24.7. The van der Waals surface area contributed by atoms with Crippen molar-refractivity contribution in [3.05, 3.63) is 89.5 Å². The van der Waals surface area contributed by atoms with Gasteiger partial charge in [-0.25, -0.2) is 14.8 Å². The summed E-state index contributed by atoms with van der Waals surface area (Å²) in [5, 5.41) is 2.70. The number of nitrogens with two attached hydrogens (primary N) is 1. The number of carbonyl (C=O) groups is 4. The van der Waals surface area contributed by atoms with Crippen LogP contribution in [0.2, 0.25) is 0 Å². The molecule has 0 atom stereocenters. The molecule has 0 unspecified atom stereocenters. The van der Waals surface area contributed by atoms with E-state index < -0.39 is 30.2 Å². The largest absolute Gasteiger partial charge is 0.462 e. The van der Waals surface area contributed by atoms with Crippen molar-refractivity contribution in [2.45, 2.75) is 6.92 Å². The van der Waals surface area contributed by atoms with Crippen LogP contribution in [0.5, 0.6) is 0 Å². The molecule has 3 amide bonds. The second-order valence-electron chi connectivity index (χ2n) is 9.04. The fourth-order valence-electron chi connectivity index (χ4n) is 4.75. The third-order valence-electron chi connectivity index (χ3n) is 6.57. The van der Waals surface area contributed by atoms with E-state index in [0.29, 0.717) is 33.6 Å². The van der Waals surface area contributed by atoms with Gasteiger partial charge in [0.25, 0.3) is 11.8 Å². The number of hydrogen-bond acceptors (Lipinski definition) is 8. The maximum Gasteiger partial charge on any atom is 0.344 e. The van der Waals surface area contributed by atoms with Crippen LogP contribution in [0.1, 0.15) is 38.0 Å². The van der Waals surface area contributed by atoms with E-state index >= 15 is 0 Å². The van der Waals surface area contributed by atoms with Crippen molar-refractivity contribution in [1.82, 2.24) is 19.4 Å². The van der Waals surface area contributed by atoms with Crippen molar-refractivity contribution in [2.24, 2.45) is 0 Å². The van der Waals surface area contributed by atoms with Gasteiger partial charge >= 0.3 is 5.97 Å². The van der Waals surface area contributed by atoms with Crippen molar-refractivity contribution < 1.29 is 23.9 Å². The molecule has 0 radical (unpaired) electrons. The predicted octanol–water partition coefficient (Wildman–Crippen LogP) is 3.57. The van der Waals surface area contributed by atoms with Crippen molar-refractivity contribution >= 4 is 57.4 Å². The number of imide groups is 1. The number of rotatable bonds is 6. The molecule has 0 spiro atoms. The zero-order valence-corrected chi connectivity index (χ0v) is 21.2. The number of aromatic nitrogens is 3. The first-order valence-corrected chi connectivity index (χ1v) is 12.5. The van der Waals surface area contributed by atoms with Gasteiger partial charge in [0.1, 0.15) is 23.4 Å². The molecule has 0 aliphatic carbocycles. The molecule has 0 fully saturated rings. The Morgan fingerprint density at radius 1 is 0.875 bits per heavy atom. The van der Waals surface area contributed by atoms with Crippen molar-refractivity contribution in [2.75, 3.05) is 24.2 Å². The van der Waals surface area contributed by atoms with Crippen molar-refractivity contribution in [1.29, 1.82) is 0 Å². The van der Waals surface area contributed by atoms with Crippen LogP contribution in [0.15, 0.2) is 72.8 Å². The average molecular weight is 535 g/mol. The van der Waals surface area contributed by atoms with Crippen LogP contribution in [-0.2, 0) is 9.53 Å². The molecule has 0 saturated heterocycles. The molecule has 0 bridgehead atoms. The molecular formula is C29H22N6O5. The van der Waals surface area contributed by atoms with Gasteiger partial charge < -0.3 is 15.8 Å². The number of fused-ring (bicyclic) bond motifs is 3. The number of nitrogens with one attached hydrogen (secondary N) is 1. The molecule has 3 N–H and O–H groups in total. The number of amides is 3. The summed E-state index contributed by atoms with van der Waals surface area (Å²) in [6, 6.07) is 20.4. The SMILES string of the molecule is CCOC(=O)c1c(N)n(-c2ccc(NC(=O)CN3C(=O)c4ccccc4C3=O)cc2)c2nc3ccccc3nc12. The first-order chi connectivity index (χ1) is 19.4. The minimum absolute atomic E-state index is 0.117. The summed E-state index contributed by atoms with van der Waals surface area (Å²) in [6.07, 6.45) is 0. The number of anilines is 2. The van der Waals surface area contributed by atoms with Crippen LogP contribution in [-0.4, -0.2) is 56.3 Å². The van der Waals surface area contributed by atoms with Crippen LogP contribution in [0, 0.1) is 0 Å². The summed E-state index contributed by atoms with van der Waals surface area (Å²) in [4.78, 5) is 60.9. The lowest BCUT2D eigenvalue weighted by Crippen LogP contribution is -2.37. The third kappa shape index (κ3) is 4.00. The van der Waals surface area contributed by atoms with Gasteiger partial charge in [0.05, 0.1) is 28.8 Å². The molecule has 198 valence electrons. The van der Waals surface area contributed by atoms with Crippen LogP contribution in [0.3, 0.4) is 0 Å². The van der Waals surface area contributed by atoms with Gasteiger partial charge in [0.2, 0.25) is 5.91 Å². The van der Waals surface area contributed by atoms with E-state index in [9.17, 15) is 19.2 Å². The zero-order valence-electron chi connectivity index (χ0n) is 21.2. The molecule has 40 heavy (non-hydrogen) atoms. The standard InChI is InChI=1S/C29H22N6O5/c1-2-40-29(39)23-24-26(33-21-10-6-5-9-20(21)32-24)35(25(23)30)17-13-11-16(12-14-17)31-22(36)15-34-27(37)18-7-3-4-8-19(18)28(34)38/h3-14H,2,15,30H2,1H3,(H,31,36). The quantitative estimate of drug-likeness (QED) is 0.248. The average Bonchev–Trinajstić information content (AvgIpc) is 3.37. The smallest absolute Gasteiger partial charge is 0.344 e. The second kappa shape index (κ2) is 9.62. The molecule has 1 aliphatic heterocycles. The minimum Gasteiger partial charge on any atom is -0.462 e. The van der Waals surface area contributed by atoms with Gasteiger partial charge in [-0.1, -0.05) is 24.3 Å². The lowest BCUT2D eigenvalue weighted by atomic mass is 10.1. The van der Waals surface area contributed by atoms with E-state index in [1.165, 1.54) is 0 Å². The van der Waals surface area contributed by atoms with E-state index in [1.807, 2.05) is 18.2 Å². The Hall–Kier alpha value is -5.58. The summed E-state index contributed by atoms with van der Waals surface area (Å²) in [6.45, 7) is 1.45. The molecule has 3 aromatic carbocycles. The second-order valence-corrected chi connectivity index (χ2v) is 9.04. The first-order valence-electron chi connectivity index (χ1n) is 12.5. The maximum atomic E-state index is 12.8. The number of para-hydroxylation sites is 2. The molecule has 6 rings (SSSR count). The van der Waals surface area contributed by atoms with Gasteiger partial charge in [-0.15, -0.1) is 0 Å². The van der Waals surface area contributed by atoms with Crippen molar-refractivity contribution in [3.8, 4) is 5.69 Å². The highest BCUT2D eigenvalue weighted by Crippen LogP contribution is 2.32. The van der Waals surface area contributed by atoms with Gasteiger partial charge in [-0.3, -0.25) is 23.9 Å². The van der Waals surface area contributed by atoms with E-state index in [4.69, 9.17) is 15.5 Å². The molecule has 11 heteroatoms. The number of carbonyl (C=O) groups excluding carboxylic acids is 4. The summed E-state index contributed by atoms with van der Waals surface area (Å²) in [5.41, 5.74) is 10.1. The highest BCUT2D eigenvalue weighted by molar-refractivity contribution is 6.22. The molecule has 2 aromatic heterocycles. The van der Waals surface area contributed by atoms with E-state index in [1.54, 1.807) is 66.1 Å². The van der Waals surface area contributed by atoms with Gasteiger partial charge in [0, 0.05) is 11.4 Å². The number of ether oxygens (including phenoxy) is 1. The van der Waals surface area contributed by atoms with Gasteiger partial charge in [0.15, 0.2) is 5.65 Å². The van der Waals surface area contributed by atoms with Crippen LogP contribution in [0.4, 0.5) is 11.5 Å². The Balaban J connectivity index is 1.29. The minimum atomic E-state index is -0.606. The molecule has 3 heterocycles. The third-order valence-corrected chi connectivity index (χ3v) is 6.57. The van der Waals surface area contributed by atoms with Crippen molar-refractivity contribution in [3.63, 3.8) is 0 Å². The number of nitrogens with zero attached hydrogens (tertiary/aromatic N) is 4. The Morgan fingerprint density at radius 3 is 2.10 bits per heavy atom. The maximum absolute atomic E-state index is 12.8. The normalized spacial score (nSPS) is 12.7. The molecule has 11 nitrogen and oxygen atoms in total. The number of nitrogen functional groups attached to an aromatic ring is 1. The Labute approximate surface area is 227 Å². The fourth-order valence-corrected chi connectivity index (χ4v) is 4.75. The Bertz CT molecular complexity index is 1830. The monoisotopic (exact) mass is 534 g/mol. The Kier molecular flexibility index (Phi) is 5.95. The van der Waals surface area contributed by atoms with E-state index in [2.05, 4.69) is 10.3 Å².